The number of rotatable bonds is 3. The summed E-state index contributed by atoms with van der Waals surface area (Å²) in [5.41, 5.74) is -0.176. The minimum atomic E-state index is -4.36. The van der Waals surface area contributed by atoms with E-state index in [9.17, 15) is 18.0 Å². The number of carbonyl (C=O) groups excluding carboxylic acids is 1. The molecule has 17 heavy (non-hydrogen) atoms. The molecule has 0 saturated heterocycles. The Morgan fingerprint density at radius 3 is 2.35 bits per heavy atom. The van der Waals surface area contributed by atoms with E-state index >= 15 is 0 Å². The Balaban J connectivity index is 2.58. The SMILES string of the molecule is [C-]#[N+]CC(=O)NCc1ccc(C(F)(F)F)cc1. The first kappa shape index (κ1) is 13.0. The van der Waals surface area contributed by atoms with Gasteiger partial charge in [-0.05, 0) is 17.7 Å². The first-order valence-corrected chi connectivity index (χ1v) is 4.69. The molecule has 0 aromatic heterocycles. The van der Waals surface area contributed by atoms with E-state index in [1.54, 1.807) is 0 Å². The molecule has 3 nitrogen and oxygen atoms in total. The van der Waals surface area contributed by atoms with Crippen LogP contribution in [0, 0.1) is 6.57 Å². The third-order valence-corrected chi connectivity index (χ3v) is 1.99. The van der Waals surface area contributed by atoms with Crippen LogP contribution in [-0.2, 0) is 17.5 Å². The van der Waals surface area contributed by atoms with Gasteiger partial charge in [-0.1, -0.05) is 12.1 Å². The summed E-state index contributed by atoms with van der Waals surface area (Å²) in [6.45, 7) is 6.29. The Bertz CT molecular complexity index is 432. The average molecular weight is 242 g/mol. The first-order valence-electron chi connectivity index (χ1n) is 4.69. The molecule has 0 aliphatic heterocycles. The van der Waals surface area contributed by atoms with Crippen LogP contribution in [0.25, 0.3) is 4.85 Å². The maximum Gasteiger partial charge on any atom is 0.416 e. The van der Waals surface area contributed by atoms with Crippen LogP contribution in [-0.4, -0.2) is 12.5 Å². The molecule has 0 spiro atoms. The third kappa shape index (κ3) is 4.15. The van der Waals surface area contributed by atoms with E-state index in [1.165, 1.54) is 12.1 Å². The second-order valence-electron chi connectivity index (χ2n) is 3.29. The second kappa shape index (κ2) is 5.34. The third-order valence-electron chi connectivity index (χ3n) is 1.99. The van der Waals surface area contributed by atoms with Crippen molar-refractivity contribution in [3.05, 3.63) is 46.8 Å². The normalized spacial score (nSPS) is 10.7. The minimum Gasteiger partial charge on any atom is -0.346 e. The number of nitrogens with one attached hydrogen (secondary N) is 1. The van der Waals surface area contributed by atoms with E-state index in [1.807, 2.05) is 0 Å². The number of amides is 1. The number of halogens is 3. The Kier molecular flexibility index (Phi) is 4.10. The zero-order valence-corrected chi connectivity index (χ0v) is 8.71. The van der Waals surface area contributed by atoms with Gasteiger partial charge in [0.1, 0.15) is 0 Å². The van der Waals surface area contributed by atoms with Gasteiger partial charge in [-0.3, -0.25) is 4.79 Å². The molecule has 0 radical (unpaired) electrons. The van der Waals surface area contributed by atoms with Crippen LogP contribution in [0.2, 0.25) is 0 Å². The molecule has 0 atom stereocenters. The maximum absolute atomic E-state index is 12.2. The fraction of sp³-hybridized carbons (Fsp3) is 0.273. The number of benzene rings is 1. The van der Waals surface area contributed by atoms with Crippen LogP contribution in [0.3, 0.4) is 0 Å². The highest BCUT2D eigenvalue weighted by atomic mass is 19.4. The largest absolute Gasteiger partial charge is 0.416 e. The first-order chi connectivity index (χ1) is 7.93. The van der Waals surface area contributed by atoms with Crippen LogP contribution in [0.5, 0.6) is 0 Å². The summed E-state index contributed by atoms with van der Waals surface area (Å²) >= 11 is 0. The summed E-state index contributed by atoms with van der Waals surface area (Å²) in [7, 11) is 0. The van der Waals surface area contributed by atoms with Crippen LogP contribution in [0.4, 0.5) is 13.2 Å². The molecule has 0 saturated carbocycles. The molecule has 90 valence electrons. The fourth-order valence-electron chi connectivity index (χ4n) is 1.14. The molecule has 1 rings (SSSR count). The molecular weight excluding hydrogens is 233 g/mol. The van der Waals surface area contributed by atoms with Crippen molar-refractivity contribution in [1.82, 2.24) is 5.32 Å². The van der Waals surface area contributed by atoms with Crippen molar-refractivity contribution >= 4 is 5.91 Å². The molecule has 0 bridgehead atoms. The Labute approximate surface area is 96.1 Å². The maximum atomic E-state index is 12.2. The van der Waals surface area contributed by atoms with E-state index in [-0.39, 0.29) is 13.1 Å². The van der Waals surface area contributed by atoms with Crippen molar-refractivity contribution in [2.75, 3.05) is 6.54 Å². The summed E-state index contributed by atoms with van der Waals surface area (Å²) in [6, 6.07) is 4.49. The number of hydrogen-bond acceptors (Lipinski definition) is 1. The van der Waals surface area contributed by atoms with Crippen molar-refractivity contribution in [2.45, 2.75) is 12.7 Å². The van der Waals surface area contributed by atoms with Gasteiger partial charge in [-0.25, -0.2) is 6.57 Å². The summed E-state index contributed by atoms with van der Waals surface area (Å²) < 4.78 is 36.7. The summed E-state index contributed by atoms with van der Waals surface area (Å²) in [5.74, 6) is -0.445. The van der Waals surface area contributed by atoms with Gasteiger partial charge in [0, 0.05) is 6.54 Å². The highest BCUT2D eigenvalue weighted by Gasteiger charge is 2.29. The molecule has 6 heteroatoms. The summed E-state index contributed by atoms with van der Waals surface area (Å²) in [6.07, 6.45) is -4.36. The van der Waals surface area contributed by atoms with E-state index < -0.39 is 17.6 Å². The number of nitrogens with zero attached hydrogens (tertiary/aromatic N) is 1. The lowest BCUT2D eigenvalue weighted by Crippen LogP contribution is -2.24. The lowest BCUT2D eigenvalue weighted by atomic mass is 10.1. The summed E-state index contributed by atoms with van der Waals surface area (Å²) in [4.78, 5) is 13.8. The van der Waals surface area contributed by atoms with Gasteiger partial charge < -0.3 is 10.2 Å². The van der Waals surface area contributed by atoms with E-state index in [0.29, 0.717) is 5.56 Å². The van der Waals surface area contributed by atoms with Crippen molar-refractivity contribution < 1.29 is 18.0 Å². The predicted molar refractivity (Wildman–Crippen MR) is 54.8 cm³/mol. The molecule has 0 fully saturated rings. The number of alkyl halides is 3. The highest BCUT2D eigenvalue weighted by molar-refractivity contribution is 5.79. The van der Waals surface area contributed by atoms with Crippen molar-refractivity contribution in [3.63, 3.8) is 0 Å². The number of hydrogen-bond donors (Lipinski definition) is 1. The van der Waals surface area contributed by atoms with Gasteiger partial charge in [0.2, 0.25) is 0 Å². The standard InChI is InChI=1S/C11H9F3N2O/c1-15-7-10(17)16-6-8-2-4-9(5-3-8)11(12,13)14/h2-5H,6-7H2,(H,16,17). The molecule has 0 aliphatic rings. The molecule has 1 aromatic carbocycles. The second-order valence-corrected chi connectivity index (χ2v) is 3.29. The lowest BCUT2D eigenvalue weighted by Gasteiger charge is -2.07. The fourth-order valence-corrected chi connectivity index (χ4v) is 1.14. The molecule has 1 aromatic rings. The number of carbonyl (C=O) groups is 1. The van der Waals surface area contributed by atoms with Gasteiger partial charge in [-0.2, -0.15) is 13.2 Å². The van der Waals surface area contributed by atoms with Gasteiger partial charge in [0.25, 0.3) is 12.5 Å². The van der Waals surface area contributed by atoms with Crippen LogP contribution < -0.4 is 5.32 Å². The van der Waals surface area contributed by atoms with E-state index in [4.69, 9.17) is 6.57 Å². The van der Waals surface area contributed by atoms with Crippen molar-refractivity contribution in [2.24, 2.45) is 0 Å². The quantitative estimate of drug-likeness (QED) is 0.810. The van der Waals surface area contributed by atoms with E-state index in [0.717, 1.165) is 12.1 Å². The minimum absolute atomic E-state index is 0.118. The molecule has 1 N–H and O–H groups in total. The zero-order valence-electron chi connectivity index (χ0n) is 8.71. The Morgan fingerprint density at radius 2 is 1.88 bits per heavy atom. The zero-order chi connectivity index (χ0) is 12.9. The summed E-state index contributed by atoms with van der Waals surface area (Å²) in [5, 5.41) is 2.42. The Hall–Kier alpha value is -2.03. The monoisotopic (exact) mass is 242 g/mol. The van der Waals surface area contributed by atoms with Gasteiger partial charge in [-0.15, -0.1) is 0 Å². The van der Waals surface area contributed by atoms with Crippen LogP contribution in [0.1, 0.15) is 11.1 Å². The average Bonchev–Trinajstić information content (AvgIpc) is 2.26. The van der Waals surface area contributed by atoms with Crippen molar-refractivity contribution in [1.29, 1.82) is 0 Å². The molecular formula is C11H9F3N2O. The molecule has 0 aliphatic carbocycles. The van der Waals surface area contributed by atoms with Crippen molar-refractivity contribution in [3.8, 4) is 0 Å². The Morgan fingerprint density at radius 1 is 1.29 bits per heavy atom. The van der Waals surface area contributed by atoms with Gasteiger partial charge in [0.15, 0.2) is 0 Å². The smallest absolute Gasteiger partial charge is 0.346 e. The molecule has 1 amide bonds. The van der Waals surface area contributed by atoms with Gasteiger partial charge >= 0.3 is 6.18 Å². The lowest BCUT2D eigenvalue weighted by molar-refractivity contribution is -0.137. The van der Waals surface area contributed by atoms with Crippen LogP contribution in [0.15, 0.2) is 24.3 Å². The van der Waals surface area contributed by atoms with E-state index in [2.05, 4.69) is 10.2 Å². The van der Waals surface area contributed by atoms with Crippen LogP contribution >= 0.6 is 0 Å². The molecule has 0 unspecified atom stereocenters. The predicted octanol–water partition coefficient (Wildman–Crippen LogP) is 2.24. The topological polar surface area (TPSA) is 33.5 Å². The molecule has 0 heterocycles. The highest BCUT2D eigenvalue weighted by Crippen LogP contribution is 2.28. The van der Waals surface area contributed by atoms with Gasteiger partial charge in [0.05, 0.1) is 5.56 Å².